The lowest BCUT2D eigenvalue weighted by molar-refractivity contribution is 0.139. The Kier molecular flexibility index (Phi) is 7.15. The molecule has 0 aliphatic carbocycles. The largest absolute Gasteiger partial charge is 0.356 e. The molecular weight excluding hydrogens is 294 g/mol. The molecule has 0 amide bonds. The maximum Gasteiger partial charge on any atom is 0.191 e. The molecule has 1 aliphatic heterocycles. The fourth-order valence-corrected chi connectivity index (χ4v) is 3.26. The fourth-order valence-electron chi connectivity index (χ4n) is 2.61. The Bertz CT molecular complexity index is 437. The molecule has 1 fully saturated rings. The molecule has 6 heteroatoms. The Balaban J connectivity index is 1.64. The maximum atomic E-state index is 4.29. The van der Waals surface area contributed by atoms with Crippen LogP contribution < -0.4 is 10.6 Å². The van der Waals surface area contributed by atoms with E-state index in [0.717, 1.165) is 25.6 Å². The maximum absolute atomic E-state index is 4.29. The third-order valence-electron chi connectivity index (χ3n) is 4.02. The normalized spacial score (nSPS) is 19.1. The molecule has 1 aromatic rings. The second kappa shape index (κ2) is 9.12. The van der Waals surface area contributed by atoms with Crippen molar-refractivity contribution < 1.29 is 0 Å². The van der Waals surface area contributed by atoms with Crippen LogP contribution >= 0.6 is 11.3 Å². The molecule has 1 saturated heterocycles. The van der Waals surface area contributed by atoms with Crippen molar-refractivity contribution in [3.8, 4) is 0 Å². The average Bonchev–Trinajstić information content (AvgIpc) is 3.03. The summed E-state index contributed by atoms with van der Waals surface area (Å²) >= 11 is 1.77. The van der Waals surface area contributed by atoms with E-state index in [-0.39, 0.29) is 0 Å². The van der Waals surface area contributed by atoms with Gasteiger partial charge in [0.15, 0.2) is 5.96 Å². The minimum atomic E-state index is 0.615. The highest BCUT2D eigenvalue weighted by Gasteiger charge is 2.16. The lowest BCUT2D eigenvalue weighted by atomic mass is 10.1. The molecule has 22 heavy (non-hydrogen) atoms. The Morgan fingerprint density at radius 1 is 1.32 bits per heavy atom. The van der Waals surface area contributed by atoms with Gasteiger partial charge in [-0.15, -0.1) is 11.3 Å². The van der Waals surface area contributed by atoms with Gasteiger partial charge in [0.05, 0.1) is 6.54 Å². The van der Waals surface area contributed by atoms with Crippen LogP contribution in [0.4, 0.5) is 0 Å². The monoisotopic (exact) mass is 323 g/mol. The number of likely N-dealkylation sites (N-methyl/N-ethyl adjacent to an activating group) is 1. The minimum absolute atomic E-state index is 0.615. The van der Waals surface area contributed by atoms with Crippen molar-refractivity contribution in [1.29, 1.82) is 0 Å². The molecule has 2 rings (SSSR count). The number of nitrogens with one attached hydrogen (secondary N) is 2. The number of guanidine groups is 1. The number of hydrogen-bond donors (Lipinski definition) is 2. The predicted molar refractivity (Wildman–Crippen MR) is 95.6 cm³/mol. The molecule has 5 nitrogen and oxygen atoms in total. The van der Waals surface area contributed by atoms with Crippen LogP contribution in [0.3, 0.4) is 0 Å². The lowest BCUT2D eigenvalue weighted by Crippen LogP contribution is -2.47. The van der Waals surface area contributed by atoms with E-state index >= 15 is 0 Å². The van der Waals surface area contributed by atoms with E-state index < -0.39 is 0 Å². The summed E-state index contributed by atoms with van der Waals surface area (Å²) < 4.78 is 0. The van der Waals surface area contributed by atoms with Crippen molar-refractivity contribution in [3.63, 3.8) is 0 Å². The minimum Gasteiger partial charge on any atom is -0.356 e. The van der Waals surface area contributed by atoms with Gasteiger partial charge in [-0.3, -0.25) is 4.99 Å². The van der Waals surface area contributed by atoms with Crippen LogP contribution in [0.5, 0.6) is 0 Å². The molecule has 2 N–H and O–H groups in total. The Labute approximate surface area is 138 Å². The Morgan fingerprint density at radius 2 is 2.09 bits per heavy atom. The van der Waals surface area contributed by atoms with Gasteiger partial charge in [-0.25, -0.2) is 0 Å². The lowest BCUT2D eigenvalue weighted by Gasteiger charge is -2.34. The second-order valence-electron chi connectivity index (χ2n) is 6.10. The van der Waals surface area contributed by atoms with Crippen LogP contribution in [0.1, 0.15) is 11.8 Å². The first kappa shape index (κ1) is 17.2. The van der Waals surface area contributed by atoms with Crippen molar-refractivity contribution in [2.24, 2.45) is 10.9 Å². The number of aliphatic imine (C=N–C) groups is 1. The molecule has 1 aliphatic rings. The predicted octanol–water partition coefficient (Wildman–Crippen LogP) is 1.30. The molecule has 124 valence electrons. The van der Waals surface area contributed by atoms with Gasteiger partial charge in [-0.05, 0) is 24.4 Å². The highest BCUT2D eigenvalue weighted by molar-refractivity contribution is 7.09. The van der Waals surface area contributed by atoms with E-state index in [0.29, 0.717) is 5.92 Å². The van der Waals surface area contributed by atoms with Gasteiger partial charge >= 0.3 is 0 Å². The highest BCUT2D eigenvalue weighted by Crippen LogP contribution is 2.07. The third kappa shape index (κ3) is 5.94. The van der Waals surface area contributed by atoms with E-state index in [1.165, 1.54) is 31.1 Å². The van der Waals surface area contributed by atoms with Crippen molar-refractivity contribution in [3.05, 3.63) is 22.4 Å². The SMILES string of the molecule is CN=C(NCc1cccs1)NCC(C)CN1CCN(C)CC1. The summed E-state index contributed by atoms with van der Waals surface area (Å²) in [6.45, 7) is 9.99. The van der Waals surface area contributed by atoms with E-state index in [4.69, 9.17) is 0 Å². The highest BCUT2D eigenvalue weighted by atomic mass is 32.1. The first-order valence-corrected chi connectivity index (χ1v) is 8.93. The van der Waals surface area contributed by atoms with E-state index in [1.54, 1.807) is 11.3 Å². The smallest absolute Gasteiger partial charge is 0.191 e. The Hall–Kier alpha value is -1.11. The number of thiophene rings is 1. The number of piperazine rings is 1. The van der Waals surface area contributed by atoms with Crippen LogP contribution in [0, 0.1) is 5.92 Å². The summed E-state index contributed by atoms with van der Waals surface area (Å²) in [6.07, 6.45) is 0. The van der Waals surface area contributed by atoms with Gasteiger partial charge in [0.2, 0.25) is 0 Å². The molecule has 2 heterocycles. The molecule has 0 aromatic carbocycles. The molecule has 1 unspecified atom stereocenters. The summed E-state index contributed by atoms with van der Waals surface area (Å²) in [6, 6.07) is 4.22. The van der Waals surface area contributed by atoms with Crippen LogP contribution in [-0.2, 0) is 6.54 Å². The molecule has 0 radical (unpaired) electrons. The summed E-state index contributed by atoms with van der Waals surface area (Å²) in [5, 5.41) is 8.90. The zero-order valence-electron chi connectivity index (χ0n) is 14.0. The number of nitrogens with zero attached hydrogens (tertiary/aromatic N) is 3. The van der Waals surface area contributed by atoms with Crippen molar-refractivity contribution in [2.75, 3.05) is 53.4 Å². The zero-order valence-corrected chi connectivity index (χ0v) is 14.8. The molecule has 1 aromatic heterocycles. The fraction of sp³-hybridized carbons (Fsp3) is 0.688. The average molecular weight is 324 g/mol. The van der Waals surface area contributed by atoms with E-state index in [1.807, 2.05) is 7.05 Å². The van der Waals surface area contributed by atoms with Gasteiger partial charge in [0.1, 0.15) is 0 Å². The van der Waals surface area contributed by atoms with E-state index in [9.17, 15) is 0 Å². The quantitative estimate of drug-likeness (QED) is 0.612. The van der Waals surface area contributed by atoms with Gasteiger partial charge < -0.3 is 20.4 Å². The zero-order chi connectivity index (χ0) is 15.8. The Morgan fingerprint density at radius 3 is 2.73 bits per heavy atom. The van der Waals surface area contributed by atoms with E-state index in [2.05, 4.69) is 56.9 Å². The van der Waals surface area contributed by atoms with Crippen LogP contribution in [0.2, 0.25) is 0 Å². The molecule has 0 bridgehead atoms. The van der Waals surface area contributed by atoms with Gasteiger partial charge in [0, 0.05) is 51.2 Å². The molecular formula is C16H29N5S. The van der Waals surface area contributed by atoms with Crippen molar-refractivity contribution in [2.45, 2.75) is 13.5 Å². The summed E-state index contributed by atoms with van der Waals surface area (Å²) in [5.74, 6) is 1.50. The van der Waals surface area contributed by atoms with Crippen molar-refractivity contribution >= 4 is 17.3 Å². The first-order chi connectivity index (χ1) is 10.7. The molecule has 0 spiro atoms. The van der Waals surface area contributed by atoms with Gasteiger partial charge in [-0.2, -0.15) is 0 Å². The number of rotatable bonds is 6. The van der Waals surface area contributed by atoms with Gasteiger partial charge in [-0.1, -0.05) is 13.0 Å². The van der Waals surface area contributed by atoms with Crippen LogP contribution in [-0.4, -0.2) is 69.1 Å². The molecule has 1 atom stereocenters. The molecule has 0 saturated carbocycles. The first-order valence-electron chi connectivity index (χ1n) is 8.05. The summed E-state index contributed by atoms with van der Waals surface area (Å²) in [7, 11) is 4.03. The van der Waals surface area contributed by atoms with Crippen molar-refractivity contribution in [1.82, 2.24) is 20.4 Å². The summed E-state index contributed by atoms with van der Waals surface area (Å²) in [4.78, 5) is 10.6. The van der Waals surface area contributed by atoms with Gasteiger partial charge in [0.25, 0.3) is 0 Å². The standard InChI is InChI=1S/C16H29N5S/c1-14(13-21-8-6-20(3)7-9-21)11-18-16(17-2)19-12-15-5-4-10-22-15/h4-5,10,14H,6-9,11-13H2,1-3H3,(H2,17,18,19). The summed E-state index contributed by atoms with van der Waals surface area (Å²) in [5.41, 5.74) is 0. The number of hydrogen-bond acceptors (Lipinski definition) is 4. The second-order valence-corrected chi connectivity index (χ2v) is 7.13. The topological polar surface area (TPSA) is 42.9 Å². The van der Waals surface area contributed by atoms with Crippen LogP contribution in [0.25, 0.3) is 0 Å². The third-order valence-corrected chi connectivity index (χ3v) is 4.89. The van der Waals surface area contributed by atoms with Crippen LogP contribution in [0.15, 0.2) is 22.5 Å².